The first-order valence-electron chi connectivity index (χ1n) is 5.94. The molecule has 1 N–H and O–H groups in total. The number of hydrogen-bond donors (Lipinski definition) is 1. The van der Waals surface area contributed by atoms with Crippen molar-refractivity contribution in [3.63, 3.8) is 0 Å². The van der Waals surface area contributed by atoms with Crippen LogP contribution >= 0.6 is 11.6 Å². The van der Waals surface area contributed by atoms with Crippen molar-refractivity contribution in [2.24, 2.45) is 0 Å². The van der Waals surface area contributed by atoms with Gasteiger partial charge in [-0.25, -0.2) is 0 Å². The highest BCUT2D eigenvalue weighted by molar-refractivity contribution is 6.32. The first-order valence-corrected chi connectivity index (χ1v) is 6.31. The van der Waals surface area contributed by atoms with Gasteiger partial charge in [0.2, 0.25) is 0 Å². The van der Waals surface area contributed by atoms with Crippen LogP contribution < -0.4 is 10.1 Å². The van der Waals surface area contributed by atoms with Crippen LogP contribution in [-0.2, 0) is 11.3 Å². The molecule has 1 aromatic carbocycles. The maximum atomic E-state index is 6.15. The van der Waals surface area contributed by atoms with Crippen molar-refractivity contribution in [2.75, 3.05) is 20.3 Å². The molecule has 0 aliphatic heterocycles. The topological polar surface area (TPSA) is 30.5 Å². The van der Waals surface area contributed by atoms with E-state index in [1.807, 2.05) is 18.2 Å². The molecule has 0 unspecified atom stereocenters. The van der Waals surface area contributed by atoms with E-state index in [1.54, 1.807) is 7.11 Å². The highest BCUT2D eigenvalue weighted by atomic mass is 35.5. The molecule has 0 bridgehead atoms. The lowest BCUT2D eigenvalue weighted by Crippen LogP contribution is -2.16. The first kappa shape index (κ1) is 12.7. The molecule has 1 aromatic rings. The predicted octanol–water partition coefficient (Wildman–Crippen LogP) is 2.62. The maximum absolute atomic E-state index is 6.15. The van der Waals surface area contributed by atoms with Crippen molar-refractivity contribution in [3.05, 3.63) is 28.8 Å². The molecule has 1 aliphatic rings. The maximum Gasteiger partial charge on any atom is 0.142 e. The van der Waals surface area contributed by atoms with Gasteiger partial charge in [0.15, 0.2) is 0 Å². The summed E-state index contributed by atoms with van der Waals surface area (Å²) in [5, 5.41) is 4.12. The average molecular weight is 256 g/mol. The summed E-state index contributed by atoms with van der Waals surface area (Å²) in [6, 6.07) is 6.53. The molecule has 0 amide bonds. The van der Waals surface area contributed by atoms with Crippen molar-refractivity contribution in [1.82, 2.24) is 5.32 Å². The third kappa shape index (κ3) is 3.87. The summed E-state index contributed by atoms with van der Waals surface area (Å²) in [5.74, 6) is 0.777. The van der Waals surface area contributed by atoms with Gasteiger partial charge in [0.1, 0.15) is 12.4 Å². The van der Waals surface area contributed by atoms with E-state index in [9.17, 15) is 0 Å². The summed E-state index contributed by atoms with van der Waals surface area (Å²) in [6.07, 6.45) is 2.56. The van der Waals surface area contributed by atoms with Gasteiger partial charge < -0.3 is 14.8 Å². The van der Waals surface area contributed by atoms with E-state index in [4.69, 9.17) is 21.1 Å². The molecule has 0 radical (unpaired) electrons. The van der Waals surface area contributed by atoms with E-state index in [-0.39, 0.29) is 0 Å². The average Bonchev–Trinajstić information content (AvgIpc) is 3.13. The number of benzene rings is 1. The molecule has 1 fully saturated rings. The Hall–Kier alpha value is -0.770. The molecule has 2 rings (SSSR count). The molecule has 4 heteroatoms. The van der Waals surface area contributed by atoms with Gasteiger partial charge >= 0.3 is 0 Å². The number of ether oxygens (including phenoxy) is 2. The Morgan fingerprint density at radius 3 is 2.88 bits per heavy atom. The Morgan fingerprint density at radius 1 is 1.35 bits per heavy atom. The molecule has 17 heavy (non-hydrogen) atoms. The summed E-state index contributed by atoms with van der Waals surface area (Å²) in [4.78, 5) is 0. The summed E-state index contributed by atoms with van der Waals surface area (Å²) in [5.41, 5.74) is 1.11. The quantitative estimate of drug-likeness (QED) is 0.760. The SMILES string of the molecule is COCCOc1c(Cl)cccc1CNC1CC1. The monoisotopic (exact) mass is 255 g/mol. The minimum atomic E-state index is 0.524. The fourth-order valence-electron chi connectivity index (χ4n) is 1.62. The van der Waals surface area contributed by atoms with Crippen LogP contribution in [0.3, 0.4) is 0 Å². The number of halogens is 1. The van der Waals surface area contributed by atoms with Crippen LogP contribution in [0.2, 0.25) is 5.02 Å². The molecule has 94 valence electrons. The van der Waals surface area contributed by atoms with Gasteiger partial charge in [-0.15, -0.1) is 0 Å². The zero-order chi connectivity index (χ0) is 12.1. The summed E-state index contributed by atoms with van der Waals surface area (Å²) < 4.78 is 10.6. The summed E-state index contributed by atoms with van der Waals surface area (Å²) in [7, 11) is 1.66. The highest BCUT2D eigenvalue weighted by Crippen LogP contribution is 2.29. The van der Waals surface area contributed by atoms with E-state index in [2.05, 4.69) is 5.32 Å². The van der Waals surface area contributed by atoms with Crippen molar-refractivity contribution in [3.8, 4) is 5.75 Å². The molecule has 0 saturated heterocycles. The lowest BCUT2D eigenvalue weighted by atomic mass is 10.2. The number of hydrogen-bond acceptors (Lipinski definition) is 3. The van der Waals surface area contributed by atoms with Gasteiger partial charge in [0.05, 0.1) is 11.6 Å². The molecule has 1 aliphatic carbocycles. The second kappa shape index (κ2) is 6.24. The van der Waals surface area contributed by atoms with Crippen molar-refractivity contribution < 1.29 is 9.47 Å². The van der Waals surface area contributed by atoms with Crippen molar-refractivity contribution in [2.45, 2.75) is 25.4 Å². The van der Waals surface area contributed by atoms with Gasteiger partial charge in [-0.05, 0) is 18.9 Å². The Kier molecular flexibility index (Phi) is 4.66. The van der Waals surface area contributed by atoms with Crippen LogP contribution in [0.15, 0.2) is 18.2 Å². The van der Waals surface area contributed by atoms with Crippen molar-refractivity contribution >= 4 is 11.6 Å². The molecule has 0 aromatic heterocycles. The van der Waals surface area contributed by atoms with Crippen LogP contribution in [0.5, 0.6) is 5.75 Å². The van der Waals surface area contributed by atoms with Gasteiger partial charge in [0, 0.05) is 25.3 Å². The van der Waals surface area contributed by atoms with Crippen LogP contribution in [0.1, 0.15) is 18.4 Å². The smallest absolute Gasteiger partial charge is 0.142 e. The number of rotatable bonds is 7. The van der Waals surface area contributed by atoms with Gasteiger partial charge in [-0.2, -0.15) is 0 Å². The number of nitrogens with one attached hydrogen (secondary N) is 1. The highest BCUT2D eigenvalue weighted by Gasteiger charge is 2.20. The van der Waals surface area contributed by atoms with E-state index in [0.29, 0.717) is 24.3 Å². The first-order chi connectivity index (χ1) is 8.31. The number of para-hydroxylation sites is 1. The van der Waals surface area contributed by atoms with Gasteiger partial charge in [-0.3, -0.25) is 0 Å². The van der Waals surface area contributed by atoms with Crippen LogP contribution in [-0.4, -0.2) is 26.4 Å². The summed E-state index contributed by atoms with van der Waals surface area (Å²) in [6.45, 7) is 1.91. The van der Waals surface area contributed by atoms with E-state index in [1.165, 1.54) is 12.8 Å². The zero-order valence-corrected chi connectivity index (χ0v) is 10.8. The molecule has 0 atom stereocenters. The van der Waals surface area contributed by atoms with E-state index < -0.39 is 0 Å². The molecule has 3 nitrogen and oxygen atoms in total. The Balaban J connectivity index is 1.98. The Labute approximate surface area is 107 Å². The molecule has 0 spiro atoms. The molecule has 1 saturated carbocycles. The predicted molar refractivity (Wildman–Crippen MR) is 68.7 cm³/mol. The largest absolute Gasteiger partial charge is 0.489 e. The summed E-state index contributed by atoms with van der Waals surface area (Å²) >= 11 is 6.15. The zero-order valence-electron chi connectivity index (χ0n) is 10.0. The fraction of sp³-hybridized carbons (Fsp3) is 0.538. The van der Waals surface area contributed by atoms with Gasteiger partial charge in [0.25, 0.3) is 0 Å². The number of methoxy groups -OCH3 is 1. The third-order valence-electron chi connectivity index (χ3n) is 2.74. The van der Waals surface area contributed by atoms with E-state index >= 15 is 0 Å². The molecule has 0 heterocycles. The van der Waals surface area contributed by atoms with Crippen LogP contribution in [0.4, 0.5) is 0 Å². The minimum absolute atomic E-state index is 0.524. The normalized spacial score (nSPS) is 14.9. The fourth-order valence-corrected chi connectivity index (χ4v) is 1.87. The third-order valence-corrected chi connectivity index (χ3v) is 3.04. The van der Waals surface area contributed by atoms with E-state index in [0.717, 1.165) is 17.9 Å². The van der Waals surface area contributed by atoms with Crippen LogP contribution in [0.25, 0.3) is 0 Å². The standard InChI is InChI=1S/C13H18ClNO2/c1-16-7-8-17-13-10(3-2-4-12(13)14)9-15-11-5-6-11/h2-4,11,15H,5-9H2,1H3. The Morgan fingerprint density at radius 2 is 2.18 bits per heavy atom. The van der Waals surface area contributed by atoms with Crippen molar-refractivity contribution in [1.29, 1.82) is 0 Å². The second-order valence-electron chi connectivity index (χ2n) is 4.22. The van der Waals surface area contributed by atoms with Gasteiger partial charge in [-0.1, -0.05) is 23.7 Å². The second-order valence-corrected chi connectivity index (χ2v) is 4.63. The lowest BCUT2D eigenvalue weighted by Gasteiger charge is -2.13. The minimum Gasteiger partial charge on any atom is -0.489 e. The molecular weight excluding hydrogens is 238 g/mol. The van der Waals surface area contributed by atoms with Crippen LogP contribution in [0, 0.1) is 0 Å². The lowest BCUT2D eigenvalue weighted by molar-refractivity contribution is 0.145. The Bertz CT molecular complexity index is 366. The molecular formula is C13H18ClNO2.